The Labute approximate surface area is 126 Å². The van der Waals surface area contributed by atoms with Crippen LogP contribution < -0.4 is 0 Å². The summed E-state index contributed by atoms with van der Waals surface area (Å²) in [6, 6.07) is 3.62. The fraction of sp³-hybridized carbons (Fsp3) is 1.00. The Morgan fingerprint density at radius 3 is 1.90 bits per heavy atom. The Balaban J connectivity index is 1.91. The molecule has 0 aromatic heterocycles. The van der Waals surface area contributed by atoms with Gasteiger partial charge < -0.3 is 4.90 Å². The van der Waals surface area contributed by atoms with Crippen LogP contribution in [0.5, 0.6) is 0 Å². The molecule has 2 aliphatic rings. The first-order valence-electron chi connectivity index (χ1n) is 8.65. The molecule has 2 aliphatic heterocycles. The van der Waals surface area contributed by atoms with E-state index in [0.717, 1.165) is 6.04 Å². The van der Waals surface area contributed by atoms with E-state index in [1.165, 1.54) is 39.0 Å². The largest absolute Gasteiger partial charge is 0.301 e. The summed E-state index contributed by atoms with van der Waals surface area (Å²) in [5, 5.41) is 0. The topological polar surface area (TPSA) is 9.72 Å². The highest BCUT2D eigenvalue weighted by Gasteiger charge is 2.35. The molecule has 118 valence electrons. The average Bonchev–Trinajstić information content (AvgIpc) is 2.40. The molecule has 2 heterocycles. The summed E-state index contributed by atoms with van der Waals surface area (Å²) < 4.78 is 0. The van der Waals surface area contributed by atoms with Gasteiger partial charge in [0.25, 0.3) is 0 Å². The molecule has 0 bridgehead atoms. The number of hydrogen-bond acceptors (Lipinski definition) is 3. The van der Waals surface area contributed by atoms with Gasteiger partial charge in [0.2, 0.25) is 0 Å². The van der Waals surface area contributed by atoms with E-state index in [2.05, 4.69) is 56.2 Å². The smallest absolute Gasteiger partial charge is 0.0198 e. The summed E-state index contributed by atoms with van der Waals surface area (Å²) >= 11 is 0. The molecule has 0 N–H and O–H groups in total. The van der Waals surface area contributed by atoms with Gasteiger partial charge in [-0.1, -0.05) is 0 Å². The Morgan fingerprint density at radius 1 is 0.800 bits per heavy atom. The molecule has 0 unspecified atom stereocenters. The maximum Gasteiger partial charge on any atom is 0.0198 e. The summed E-state index contributed by atoms with van der Waals surface area (Å²) in [6.07, 6.45) is 2.72. The van der Waals surface area contributed by atoms with Crippen molar-refractivity contribution in [3.05, 3.63) is 0 Å². The van der Waals surface area contributed by atoms with E-state index in [1.807, 2.05) is 0 Å². The molecule has 20 heavy (non-hydrogen) atoms. The minimum atomic E-state index is 0.678. The molecule has 0 aliphatic carbocycles. The molecule has 2 saturated heterocycles. The second-order valence-electron chi connectivity index (χ2n) is 7.55. The summed E-state index contributed by atoms with van der Waals surface area (Å²) in [6.45, 7) is 19.2. The van der Waals surface area contributed by atoms with Crippen molar-refractivity contribution >= 4 is 0 Å². The monoisotopic (exact) mass is 281 g/mol. The number of hydrogen-bond donors (Lipinski definition) is 0. The third-order valence-electron chi connectivity index (χ3n) is 5.44. The predicted octanol–water partition coefficient (Wildman–Crippen LogP) is 2.66. The molecule has 0 aromatic carbocycles. The maximum atomic E-state index is 2.81. The van der Waals surface area contributed by atoms with E-state index in [-0.39, 0.29) is 0 Å². The van der Waals surface area contributed by atoms with Crippen molar-refractivity contribution in [3.8, 4) is 0 Å². The molecule has 3 heteroatoms. The highest BCUT2D eigenvalue weighted by atomic mass is 15.3. The van der Waals surface area contributed by atoms with Crippen molar-refractivity contribution in [2.75, 3.05) is 26.2 Å². The van der Waals surface area contributed by atoms with Crippen molar-refractivity contribution in [1.29, 1.82) is 0 Å². The SMILES string of the molecule is CC(C)N1CCC(N2C[C@H](C)N(C(C)C)C[C@H]2C)CC1. The second-order valence-corrected chi connectivity index (χ2v) is 7.55. The Bertz CT molecular complexity index is 295. The first-order valence-corrected chi connectivity index (χ1v) is 8.65. The second kappa shape index (κ2) is 6.76. The molecule has 0 radical (unpaired) electrons. The highest BCUT2D eigenvalue weighted by Crippen LogP contribution is 2.25. The Hall–Kier alpha value is -0.120. The minimum Gasteiger partial charge on any atom is -0.301 e. The van der Waals surface area contributed by atoms with Crippen molar-refractivity contribution in [1.82, 2.24) is 14.7 Å². The van der Waals surface area contributed by atoms with Crippen molar-refractivity contribution in [2.24, 2.45) is 0 Å². The van der Waals surface area contributed by atoms with Crippen LogP contribution in [0.2, 0.25) is 0 Å². The zero-order valence-corrected chi connectivity index (χ0v) is 14.5. The summed E-state index contributed by atoms with van der Waals surface area (Å²) in [5.74, 6) is 0. The lowest BCUT2D eigenvalue weighted by atomic mass is 9.97. The van der Waals surface area contributed by atoms with E-state index in [0.29, 0.717) is 24.2 Å². The average molecular weight is 281 g/mol. The minimum absolute atomic E-state index is 0.678. The molecule has 0 spiro atoms. The molecule has 3 nitrogen and oxygen atoms in total. The van der Waals surface area contributed by atoms with Gasteiger partial charge in [-0.15, -0.1) is 0 Å². The van der Waals surface area contributed by atoms with E-state index in [9.17, 15) is 0 Å². The van der Waals surface area contributed by atoms with Gasteiger partial charge in [-0.25, -0.2) is 0 Å². The number of nitrogens with zero attached hydrogens (tertiary/aromatic N) is 3. The number of piperazine rings is 1. The third-order valence-corrected chi connectivity index (χ3v) is 5.44. The van der Waals surface area contributed by atoms with Crippen LogP contribution in [0.15, 0.2) is 0 Å². The van der Waals surface area contributed by atoms with Crippen LogP contribution in [0.3, 0.4) is 0 Å². The van der Waals surface area contributed by atoms with E-state index in [4.69, 9.17) is 0 Å². The number of rotatable bonds is 3. The van der Waals surface area contributed by atoms with Crippen molar-refractivity contribution in [2.45, 2.75) is 84.6 Å². The van der Waals surface area contributed by atoms with Gasteiger partial charge in [0.05, 0.1) is 0 Å². The molecule has 2 atom stereocenters. The lowest BCUT2D eigenvalue weighted by Gasteiger charge is -2.50. The molecule has 0 aromatic rings. The van der Waals surface area contributed by atoms with Gasteiger partial charge in [0, 0.05) is 43.3 Å². The van der Waals surface area contributed by atoms with Gasteiger partial charge in [-0.2, -0.15) is 0 Å². The zero-order valence-electron chi connectivity index (χ0n) is 14.5. The Morgan fingerprint density at radius 2 is 1.40 bits per heavy atom. The zero-order chi connectivity index (χ0) is 14.9. The fourth-order valence-electron chi connectivity index (χ4n) is 4.14. The van der Waals surface area contributed by atoms with Crippen LogP contribution in [0.25, 0.3) is 0 Å². The standard InChI is InChI=1S/C17H35N3/c1-13(2)18-9-7-17(8-10-18)20-12-15(5)19(14(3)4)11-16(20)6/h13-17H,7-12H2,1-6H3/t15-,16+/m0/s1. The highest BCUT2D eigenvalue weighted by molar-refractivity contribution is 4.91. The van der Waals surface area contributed by atoms with E-state index in [1.54, 1.807) is 0 Å². The first kappa shape index (κ1) is 16.3. The van der Waals surface area contributed by atoms with Gasteiger partial charge in [0.1, 0.15) is 0 Å². The fourth-order valence-corrected chi connectivity index (χ4v) is 4.14. The first-order chi connectivity index (χ1) is 9.40. The van der Waals surface area contributed by atoms with Gasteiger partial charge >= 0.3 is 0 Å². The lowest BCUT2D eigenvalue weighted by Crippen LogP contribution is -2.62. The van der Waals surface area contributed by atoms with Gasteiger partial charge in [-0.05, 0) is 67.5 Å². The summed E-state index contributed by atoms with van der Waals surface area (Å²) in [5.41, 5.74) is 0. The number of piperidine rings is 1. The molecule has 2 fully saturated rings. The third kappa shape index (κ3) is 3.55. The molecule has 0 saturated carbocycles. The predicted molar refractivity (Wildman–Crippen MR) is 87.2 cm³/mol. The van der Waals surface area contributed by atoms with Crippen molar-refractivity contribution in [3.63, 3.8) is 0 Å². The van der Waals surface area contributed by atoms with E-state index >= 15 is 0 Å². The molecule has 0 amide bonds. The van der Waals surface area contributed by atoms with Crippen LogP contribution >= 0.6 is 0 Å². The van der Waals surface area contributed by atoms with Crippen LogP contribution in [0, 0.1) is 0 Å². The van der Waals surface area contributed by atoms with Crippen LogP contribution in [0.1, 0.15) is 54.4 Å². The quantitative estimate of drug-likeness (QED) is 0.787. The van der Waals surface area contributed by atoms with E-state index < -0.39 is 0 Å². The Kier molecular flexibility index (Phi) is 5.49. The molecular formula is C17H35N3. The molecular weight excluding hydrogens is 246 g/mol. The van der Waals surface area contributed by atoms with Crippen molar-refractivity contribution < 1.29 is 0 Å². The van der Waals surface area contributed by atoms with Crippen LogP contribution in [-0.2, 0) is 0 Å². The van der Waals surface area contributed by atoms with Crippen LogP contribution in [0.4, 0.5) is 0 Å². The molecule has 2 rings (SSSR count). The maximum absolute atomic E-state index is 2.81. The summed E-state index contributed by atoms with van der Waals surface area (Å²) in [7, 11) is 0. The normalized spacial score (nSPS) is 32.4. The van der Waals surface area contributed by atoms with Gasteiger partial charge in [0.15, 0.2) is 0 Å². The lowest BCUT2D eigenvalue weighted by molar-refractivity contribution is -0.0190. The number of likely N-dealkylation sites (tertiary alicyclic amines) is 1. The van der Waals surface area contributed by atoms with Gasteiger partial charge in [-0.3, -0.25) is 9.80 Å². The van der Waals surface area contributed by atoms with Crippen LogP contribution in [-0.4, -0.2) is 71.1 Å². The summed E-state index contributed by atoms with van der Waals surface area (Å²) in [4.78, 5) is 8.11.